The Morgan fingerprint density at radius 2 is 1.92 bits per heavy atom. The van der Waals surface area contributed by atoms with E-state index >= 15 is 0 Å². The summed E-state index contributed by atoms with van der Waals surface area (Å²) in [5, 5.41) is 3.30. The van der Waals surface area contributed by atoms with Crippen molar-refractivity contribution >= 4 is 39.1 Å². The molecule has 0 radical (unpaired) electrons. The van der Waals surface area contributed by atoms with Crippen LogP contribution in [-0.4, -0.2) is 53.6 Å². The SMILES string of the molecule is Cc1cccc(Nc2ncnc3cnc(N4CCS(O)(O)CC4)nc23)c1. The highest BCUT2D eigenvalue weighted by molar-refractivity contribution is 8.24. The zero-order valence-corrected chi connectivity index (χ0v) is 15.1. The number of nitrogens with zero attached hydrogens (tertiary/aromatic N) is 5. The minimum atomic E-state index is -2.45. The van der Waals surface area contributed by atoms with Crippen LogP contribution in [0.5, 0.6) is 0 Å². The molecule has 1 aliphatic heterocycles. The molecule has 0 saturated carbocycles. The van der Waals surface area contributed by atoms with E-state index in [-0.39, 0.29) is 0 Å². The van der Waals surface area contributed by atoms with Crippen molar-refractivity contribution in [3.63, 3.8) is 0 Å². The molecular weight excluding hydrogens is 352 g/mol. The molecule has 1 aromatic carbocycles. The number of hydrogen-bond donors (Lipinski definition) is 3. The number of hydrogen-bond acceptors (Lipinski definition) is 8. The Bertz CT molecular complexity index is 941. The van der Waals surface area contributed by atoms with E-state index in [0.717, 1.165) is 11.3 Å². The van der Waals surface area contributed by atoms with Crippen molar-refractivity contribution in [2.75, 3.05) is 34.8 Å². The van der Waals surface area contributed by atoms with Crippen molar-refractivity contribution in [2.24, 2.45) is 0 Å². The maximum absolute atomic E-state index is 9.78. The van der Waals surface area contributed by atoms with E-state index in [4.69, 9.17) is 0 Å². The van der Waals surface area contributed by atoms with Crippen LogP contribution < -0.4 is 10.2 Å². The number of anilines is 3. The van der Waals surface area contributed by atoms with Gasteiger partial charge in [0.05, 0.1) is 17.7 Å². The Balaban J connectivity index is 1.66. The predicted molar refractivity (Wildman–Crippen MR) is 104 cm³/mol. The maximum Gasteiger partial charge on any atom is 0.226 e. The van der Waals surface area contributed by atoms with Gasteiger partial charge in [-0.05, 0) is 24.6 Å². The van der Waals surface area contributed by atoms with Gasteiger partial charge in [0, 0.05) is 18.8 Å². The van der Waals surface area contributed by atoms with Crippen molar-refractivity contribution in [3.05, 3.63) is 42.4 Å². The zero-order valence-electron chi connectivity index (χ0n) is 14.3. The Kier molecular flexibility index (Phi) is 4.35. The summed E-state index contributed by atoms with van der Waals surface area (Å²) >= 11 is 0. The van der Waals surface area contributed by atoms with Crippen LogP contribution in [0.25, 0.3) is 11.0 Å². The molecule has 3 N–H and O–H groups in total. The van der Waals surface area contributed by atoms with Crippen molar-refractivity contribution in [1.82, 2.24) is 19.9 Å². The van der Waals surface area contributed by atoms with Crippen LogP contribution in [0.3, 0.4) is 0 Å². The van der Waals surface area contributed by atoms with E-state index in [1.165, 1.54) is 6.33 Å². The van der Waals surface area contributed by atoms with Crippen LogP contribution in [-0.2, 0) is 0 Å². The Morgan fingerprint density at radius 3 is 2.69 bits per heavy atom. The molecule has 136 valence electrons. The quantitative estimate of drug-likeness (QED) is 0.644. The number of nitrogens with one attached hydrogen (secondary N) is 1. The average Bonchev–Trinajstić information content (AvgIpc) is 2.62. The zero-order chi connectivity index (χ0) is 18.1. The minimum absolute atomic E-state index is 0.341. The van der Waals surface area contributed by atoms with E-state index in [0.29, 0.717) is 47.4 Å². The smallest absolute Gasteiger partial charge is 0.226 e. The third-order valence-electron chi connectivity index (χ3n) is 4.30. The molecule has 1 fully saturated rings. The van der Waals surface area contributed by atoms with Crippen molar-refractivity contribution in [2.45, 2.75) is 6.92 Å². The monoisotopic (exact) mass is 372 g/mol. The fourth-order valence-corrected chi connectivity index (χ4v) is 4.10. The standard InChI is InChI=1S/C17H20N6O2S/c1-12-3-2-4-13(9-12)21-16-15-14(19-11-20-16)10-18-17(22-15)23-5-7-26(24,25)8-6-23/h2-4,9-11,24-25H,5-8H2,1H3,(H,19,20,21). The molecule has 2 aromatic heterocycles. The summed E-state index contributed by atoms with van der Waals surface area (Å²) in [6, 6.07) is 8.02. The first-order chi connectivity index (χ1) is 12.5. The van der Waals surface area contributed by atoms with Gasteiger partial charge in [0.1, 0.15) is 17.4 Å². The lowest BCUT2D eigenvalue weighted by molar-refractivity contribution is 0.478. The molecule has 8 nitrogen and oxygen atoms in total. The number of benzene rings is 1. The van der Waals surface area contributed by atoms with Crippen LogP contribution in [0.2, 0.25) is 0 Å². The Morgan fingerprint density at radius 1 is 1.12 bits per heavy atom. The van der Waals surface area contributed by atoms with E-state index < -0.39 is 10.6 Å². The van der Waals surface area contributed by atoms with E-state index in [1.807, 2.05) is 36.1 Å². The number of aromatic nitrogens is 4. The van der Waals surface area contributed by atoms with Crippen LogP contribution in [0, 0.1) is 6.92 Å². The molecule has 0 aliphatic carbocycles. The van der Waals surface area contributed by atoms with Crippen molar-refractivity contribution in [1.29, 1.82) is 0 Å². The third-order valence-corrected chi connectivity index (χ3v) is 5.98. The summed E-state index contributed by atoms with van der Waals surface area (Å²) in [4.78, 5) is 19.6. The Labute approximate surface area is 152 Å². The summed E-state index contributed by atoms with van der Waals surface area (Å²) in [6.07, 6.45) is 3.16. The first-order valence-corrected chi connectivity index (χ1v) is 10.2. The van der Waals surface area contributed by atoms with Gasteiger partial charge in [-0.15, -0.1) is 0 Å². The summed E-state index contributed by atoms with van der Waals surface area (Å²) in [7, 11) is -2.45. The van der Waals surface area contributed by atoms with Gasteiger partial charge in [0.25, 0.3) is 0 Å². The van der Waals surface area contributed by atoms with Gasteiger partial charge in [-0.3, -0.25) is 9.11 Å². The summed E-state index contributed by atoms with van der Waals surface area (Å²) in [6.45, 7) is 3.06. The second kappa shape index (κ2) is 6.67. The van der Waals surface area contributed by atoms with Crippen LogP contribution in [0.1, 0.15) is 5.56 Å². The predicted octanol–water partition coefficient (Wildman–Crippen LogP) is 3.04. The molecule has 0 atom stereocenters. The largest absolute Gasteiger partial charge is 0.338 e. The molecule has 1 saturated heterocycles. The molecule has 3 aromatic rings. The van der Waals surface area contributed by atoms with Crippen LogP contribution >= 0.6 is 10.6 Å². The van der Waals surface area contributed by atoms with E-state index in [1.54, 1.807) is 6.20 Å². The molecule has 1 aliphatic rings. The molecule has 0 amide bonds. The molecule has 3 heterocycles. The van der Waals surface area contributed by atoms with Gasteiger partial charge in [-0.2, -0.15) is 10.6 Å². The molecule has 4 rings (SSSR count). The fourth-order valence-electron chi connectivity index (χ4n) is 2.87. The van der Waals surface area contributed by atoms with Gasteiger partial charge in [-0.1, -0.05) is 12.1 Å². The second-order valence-corrected chi connectivity index (χ2v) is 8.74. The maximum atomic E-state index is 9.78. The summed E-state index contributed by atoms with van der Waals surface area (Å²) in [5.41, 5.74) is 3.37. The first kappa shape index (κ1) is 17.0. The lowest BCUT2D eigenvalue weighted by Gasteiger charge is -2.40. The van der Waals surface area contributed by atoms with Gasteiger partial charge in [-0.25, -0.2) is 19.9 Å². The molecule has 0 bridgehead atoms. The first-order valence-electron chi connectivity index (χ1n) is 8.30. The minimum Gasteiger partial charge on any atom is -0.338 e. The molecule has 26 heavy (non-hydrogen) atoms. The second-order valence-electron chi connectivity index (χ2n) is 6.32. The lowest BCUT2D eigenvalue weighted by Crippen LogP contribution is -2.39. The van der Waals surface area contributed by atoms with Crippen LogP contribution in [0.15, 0.2) is 36.8 Å². The van der Waals surface area contributed by atoms with Crippen LogP contribution in [0.4, 0.5) is 17.5 Å². The topological polar surface area (TPSA) is 107 Å². The highest BCUT2D eigenvalue weighted by atomic mass is 32.3. The van der Waals surface area contributed by atoms with Gasteiger partial charge >= 0.3 is 0 Å². The third kappa shape index (κ3) is 3.55. The van der Waals surface area contributed by atoms with Crippen molar-refractivity contribution < 1.29 is 9.11 Å². The molecular formula is C17H20N6O2S. The molecule has 0 spiro atoms. The number of fused-ring (bicyclic) bond motifs is 1. The normalized spacial score (nSPS) is 17.9. The van der Waals surface area contributed by atoms with E-state index in [2.05, 4.69) is 25.3 Å². The number of aryl methyl sites for hydroxylation is 1. The molecule has 9 heteroatoms. The van der Waals surface area contributed by atoms with Crippen molar-refractivity contribution in [3.8, 4) is 0 Å². The van der Waals surface area contributed by atoms with Gasteiger partial charge in [0.2, 0.25) is 5.95 Å². The highest BCUT2D eigenvalue weighted by Gasteiger charge is 2.24. The van der Waals surface area contributed by atoms with Gasteiger partial charge < -0.3 is 10.2 Å². The molecule has 0 unspecified atom stereocenters. The Hall–Kier alpha value is -2.49. The summed E-state index contributed by atoms with van der Waals surface area (Å²) in [5.74, 6) is 1.85. The summed E-state index contributed by atoms with van der Waals surface area (Å²) < 4.78 is 19.6. The lowest BCUT2D eigenvalue weighted by atomic mass is 10.2. The van der Waals surface area contributed by atoms with Gasteiger partial charge in [0.15, 0.2) is 5.82 Å². The average molecular weight is 372 g/mol. The fraction of sp³-hybridized carbons (Fsp3) is 0.294. The number of rotatable bonds is 3. The van der Waals surface area contributed by atoms with E-state index in [9.17, 15) is 9.11 Å². The highest BCUT2D eigenvalue weighted by Crippen LogP contribution is 2.40.